The number of amides is 1. The van der Waals surface area contributed by atoms with Crippen molar-refractivity contribution in [3.05, 3.63) is 59.5 Å². The zero-order chi connectivity index (χ0) is 19.0. The fourth-order valence-corrected chi connectivity index (χ4v) is 3.65. The van der Waals surface area contributed by atoms with Crippen LogP contribution in [0.5, 0.6) is 0 Å². The Balaban J connectivity index is 1.49. The highest BCUT2D eigenvalue weighted by Gasteiger charge is 2.35. The summed E-state index contributed by atoms with van der Waals surface area (Å²) < 4.78 is 1.61. The molecule has 4 rings (SSSR count). The van der Waals surface area contributed by atoms with Crippen molar-refractivity contribution in [2.45, 2.75) is 19.4 Å². The minimum atomic E-state index is -0.548. The molecule has 3 heterocycles. The number of nitrogens with zero attached hydrogens (tertiary/aromatic N) is 4. The average molecular weight is 365 g/mol. The topological polar surface area (TPSA) is 87.0 Å². The van der Waals surface area contributed by atoms with E-state index in [0.29, 0.717) is 25.2 Å². The van der Waals surface area contributed by atoms with Gasteiger partial charge >= 0.3 is 0 Å². The molecule has 7 nitrogen and oxygen atoms in total. The molecule has 1 aromatic carbocycles. The highest BCUT2D eigenvalue weighted by Crippen LogP contribution is 2.24. The monoisotopic (exact) mass is 365 g/mol. The maximum atomic E-state index is 13.0. The Labute approximate surface area is 157 Å². The smallest absolute Gasteiger partial charge is 0.272 e. The van der Waals surface area contributed by atoms with E-state index < -0.39 is 6.10 Å². The van der Waals surface area contributed by atoms with Gasteiger partial charge in [-0.15, -0.1) is 0 Å². The summed E-state index contributed by atoms with van der Waals surface area (Å²) >= 11 is 0. The Morgan fingerprint density at radius 2 is 2.04 bits per heavy atom. The van der Waals surface area contributed by atoms with Gasteiger partial charge in [0.05, 0.1) is 17.5 Å². The Morgan fingerprint density at radius 1 is 1.26 bits per heavy atom. The standard InChI is InChI=1S/C20H23N5O2/c1-13-8-16(22-21-13)9-15-11-25(12-19(15)26)20(27)18-10-17(23-24(18)2)14-6-4-3-5-7-14/h3-8,10,15,19,26H,9,11-12H2,1-2H3,(H,21,22)/t15-,19+/m1/s1. The maximum Gasteiger partial charge on any atom is 0.272 e. The minimum absolute atomic E-state index is 0.0153. The van der Waals surface area contributed by atoms with E-state index in [-0.39, 0.29) is 11.8 Å². The number of nitrogens with one attached hydrogen (secondary N) is 1. The van der Waals surface area contributed by atoms with Crippen LogP contribution in [0.2, 0.25) is 0 Å². The third-order valence-electron chi connectivity index (χ3n) is 5.09. The molecule has 3 aromatic rings. The van der Waals surface area contributed by atoms with E-state index in [1.54, 1.807) is 16.6 Å². The first kappa shape index (κ1) is 17.5. The van der Waals surface area contributed by atoms with E-state index in [1.807, 2.05) is 49.4 Å². The third-order valence-corrected chi connectivity index (χ3v) is 5.09. The van der Waals surface area contributed by atoms with Crippen LogP contribution in [-0.2, 0) is 13.5 Å². The number of aliphatic hydroxyl groups excluding tert-OH is 1. The number of aryl methyl sites for hydroxylation is 2. The predicted molar refractivity (Wildman–Crippen MR) is 101 cm³/mol. The summed E-state index contributed by atoms with van der Waals surface area (Å²) in [6, 6.07) is 13.6. The van der Waals surface area contributed by atoms with E-state index in [0.717, 1.165) is 22.6 Å². The van der Waals surface area contributed by atoms with Crippen molar-refractivity contribution in [1.82, 2.24) is 24.9 Å². The zero-order valence-electron chi connectivity index (χ0n) is 15.5. The average Bonchev–Trinajstić information content (AvgIpc) is 3.35. The number of aliphatic hydroxyl groups is 1. The molecule has 1 aliphatic rings. The first-order chi connectivity index (χ1) is 13.0. The quantitative estimate of drug-likeness (QED) is 0.738. The van der Waals surface area contributed by atoms with E-state index in [1.165, 1.54) is 0 Å². The molecule has 0 spiro atoms. The predicted octanol–water partition coefficient (Wildman–Crippen LogP) is 1.79. The number of rotatable bonds is 4. The SMILES string of the molecule is Cc1cc(C[C@@H]2CN(C(=O)c3cc(-c4ccccc4)nn3C)C[C@@H]2O)n[nH]1. The van der Waals surface area contributed by atoms with Crippen LogP contribution in [0.3, 0.4) is 0 Å². The van der Waals surface area contributed by atoms with E-state index >= 15 is 0 Å². The molecule has 27 heavy (non-hydrogen) atoms. The number of likely N-dealkylation sites (tertiary alicyclic amines) is 1. The van der Waals surface area contributed by atoms with Crippen molar-refractivity contribution < 1.29 is 9.90 Å². The van der Waals surface area contributed by atoms with Crippen molar-refractivity contribution >= 4 is 5.91 Å². The second-order valence-corrected chi connectivity index (χ2v) is 7.19. The van der Waals surface area contributed by atoms with Crippen LogP contribution in [0.4, 0.5) is 0 Å². The number of β-amino-alcohol motifs (C(OH)–C–C–N with tert-alkyl or cyclic N) is 1. The second-order valence-electron chi connectivity index (χ2n) is 7.19. The molecular weight excluding hydrogens is 342 g/mol. The lowest BCUT2D eigenvalue weighted by Crippen LogP contribution is -2.31. The van der Waals surface area contributed by atoms with Gasteiger partial charge in [0.15, 0.2) is 0 Å². The largest absolute Gasteiger partial charge is 0.391 e. The Kier molecular flexibility index (Phi) is 4.53. The van der Waals surface area contributed by atoms with Gasteiger partial charge in [-0.25, -0.2) is 0 Å². The summed E-state index contributed by atoms with van der Waals surface area (Å²) in [6.07, 6.45) is 0.100. The summed E-state index contributed by atoms with van der Waals surface area (Å²) in [7, 11) is 1.77. The fraction of sp³-hybridized carbons (Fsp3) is 0.350. The van der Waals surface area contributed by atoms with Crippen LogP contribution in [0.1, 0.15) is 21.9 Å². The summed E-state index contributed by atoms with van der Waals surface area (Å²) in [5.41, 5.74) is 4.17. The van der Waals surface area contributed by atoms with E-state index in [4.69, 9.17) is 0 Å². The molecule has 0 saturated carbocycles. The maximum absolute atomic E-state index is 13.0. The number of hydrogen-bond acceptors (Lipinski definition) is 4. The van der Waals surface area contributed by atoms with Crippen LogP contribution in [-0.4, -0.2) is 55.1 Å². The highest BCUT2D eigenvalue weighted by molar-refractivity contribution is 5.94. The molecule has 2 N–H and O–H groups in total. The minimum Gasteiger partial charge on any atom is -0.391 e. The van der Waals surface area contributed by atoms with Crippen molar-refractivity contribution in [2.75, 3.05) is 13.1 Å². The van der Waals surface area contributed by atoms with Crippen molar-refractivity contribution in [3.8, 4) is 11.3 Å². The highest BCUT2D eigenvalue weighted by atomic mass is 16.3. The molecule has 140 valence electrons. The van der Waals surface area contributed by atoms with Crippen molar-refractivity contribution in [3.63, 3.8) is 0 Å². The lowest BCUT2D eigenvalue weighted by molar-refractivity contribution is 0.0754. The van der Waals surface area contributed by atoms with Gasteiger partial charge in [0.1, 0.15) is 5.69 Å². The number of H-pyrrole nitrogens is 1. The molecule has 0 radical (unpaired) electrons. The van der Waals surface area contributed by atoms with Gasteiger partial charge < -0.3 is 10.0 Å². The summed E-state index contributed by atoms with van der Waals surface area (Å²) in [5.74, 6) is -0.120. The van der Waals surface area contributed by atoms with Gasteiger partial charge in [0.25, 0.3) is 5.91 Å². The van der Waals surface area contributed by atoms with Crippen LogP contribution >= 0.6 is 0 Å². The van der Waals surface area contributed by atoms with Crippen LogP contribution < -0.4 is 0 Å². The Bertz CT molecular complexity index is 946. The van der Waals surface area contributed by atoms with Gasteiger partial charge in [-0.3, -0.25) is 14.6 Å². The first-order valence-corrected chi connectivity index (χ1v) is 9.09. The molecule has 0 unspecified atom stereocenters. The first-order valence-electron chi connectivity index (χ1n) is 9.09. The second kappa shape index (κ2) is 7.00. The number of carbonyl (C=O) groups excluding carboxylic acids is 1. The molecule has 1 saturated heterocycles. The number of aromatic amines is 1. The number of hydrogen-bond donors (Lipinski definition) is 2. The van der Waals surface area contributed by atoms with Crippen molar-refractivity contribution in [2.24, 2.45) is 13.0 Å². The van der Waals surface area contributed by atoms with E-state index in [2.05, 4.69) is 15.3 Å². The Morgan fingerprint density at radius 3 is 2.74 bits per heavy atom. The van der Waals surface area contributed by atoms with Gasteiger partial charge in [0.2, 0.25) is 0 Å². The van der Waals surface area contributed by atoms with E-state index in [9.17, 15) is 9.90 Å². The van der Waals surface area contributed by atoms with Crippen LogP contribution in [0, 0.1) is 12.8 Å². The molecule has 0 bridgehead atoms. The molecule has 1 fully saturated rings. The molecule has 1 aliphatic heterocycles. The molecule has 0 aliphatic carbocycles. The molecule has 7 heteroatoms. The lowest BCUT2D eigenvalue weighted by atomic mass is 10.0. The number of benzene rings is 1. The molecule has 2 atom stereocenters. The van der Waals surface area contributed by atoms with Crippen LogP contribution in [0.25, 0.3) is 11.3 Å². The molecular formula is C20H23N5O2. The number of carbonyl (C=O) groups is 1. The van der Waals surface area contributed by atoms with Gasteiger partial charge in [-0.05, 0) is 25.5 Å². The lowest BCUT2D eigenvalue weighted by Gasteiger charge is -2.15. The molecule has 2 aromatic heterocycles. The van der Waals surface area contributed by atoms with Crippen molar-refractivity contribution in [1.29, 1.82) is 0 Å². The fourth-order valence-electron chi connectivity index (χ4n) is 3.65. The van der Waals surface area contributed by atoms with Gasteiger partial charge in [-0.2, -0.15) is 10.2 Å². The molecule has 1 amide bonds. The zero-order valence-corrected chi connectivity index (χ0v) is 15.5. The van der Waals surface area contributed by atoms with Crippen LogP contribution in [0.15, 0.2) is 42.5 Å². The van der Waals surface area contributed by atoms with Gasteiger partial charge in [0, 0.05) is 37.3 Å². The summed E-state index contributed by atoms with van der Waals surface area (Å²) in [5, 5.41) is 22.1. The number of aromatic nitrogens is 4. The normalized spacial score (nSPS) is 19.6. The third kappa shape index (κ3) is 3.50. The summed E-state index contributed by atoms with van der Waals surface area (Å²) in [6.45, 7) is 2.79. The summed E-state index contributed by atoms with van der Waals surface area (Å²) in [4.78, 5) is 14.7. The Hall–Kier alpha value is -2.93. The van der Waals surface area contributed by atoms with Gasteiger partial charge in [-0.1, -0.05) is 30.3 Å².